The van der Waals surface area contributed by atoms with E-state index >= 15 is 0 Å². The molecule has 1 rings (SSSR count). The molecule has 0 spiro atoms. The summed E-state index contributed by atoms with van der Waals surface area (Å²) in [4.78, 5) is 71.9. The Morgan fingerprint density at radius 1 is 0.920 bits per heavy atom. The fourth-order valence-corrected chi connectivity index (χ4v) is 5.15. The van der Waals surface area contributed by atoms with Crippen LogP contribution in [0.15, 0.2) is 17.6 Å². The molecule has 0 saturated carbocycles. The monoisotopic (exact) mass is 723 g/mol. The smallest absolute Gasteiger partial charge is 0.329 e. The Balaban J connectivity index is 2.79. The van der Waals surface area contributed by atoms with Crippen LogP contribution in [0, 0.1) is 17.8 Å². The Kier molecular flexibility index (Phi) is 21.1. The molecule has 17 heteroatoms. The molecular weight excluding hydrogens is 670 g/mol. The van der Waals surface area contributed by atoms with Crippen molar-refractivity contribution in [3.8, 4) is 11.8 Å². The first-order valence-electron chi connectivity index (χ1n) is 16.8. The Labute approximate surface area is 295 Å². The van der Waals surface area contributed by atoms with Gasteiger partial charge in [0.25, 0.3) is 0 Å². The van der Waals surface area contributed by atoms with Crippen LogP contribution in [0.25, 0.3) is 0 Å². The van der Waals surface area contributed by atoms with Crippen molar-refractivity contribution in [2.75, 3.05) is 45.8 Å². The second kappa shape index (κ2) is 24.1. The lowest BCUT2D eigenvalue weighted by Crippen LogP contribution is -2.56. The molecule has 0 aliphatic heterocycles. The summed E-state index contributed by atoms with van der Waals surface area (Å²) in [5.74, 6) is 2.16. The number of carboxylic acids is 1. The number of amides is 4. The van der Waals surface area contributed by atoms with Gasteiger partial charge in [0.15, 0.2) is 0 Å². The molecule has 0 aromatic carbocycles. The van der Waals surface area contributed by atoms with Crippen LogP contribution >= 0.6 is 0 Å². The van der Waals surface area contributed by atoms with Crippen molar-refractivity contribution < 1.29 is 42.2 Å². The van der Waals surface area contributed by atoms with E-state index in [2.05, 4.69) is 61.8 Å². The minimum Gasteiger partial charge on any atom is -0.480 e. The van der Waals surface area contributed by atoms with Crippen LogP contribution in [0.2, 0.25) is 0 Å². The molecular formula is C33H53N7O9S. The predicted octanol–water partition coefficient (Wildman–Crippen LogP) is 0.611. The quantitative estimate of drug-likeness (QED) is 0.0428. The number of hydrogen-bond donors (Lipinski definition) is 5. The minimum absolute atomic E-state index is 0.0932. The third-order valence-corrected chi connectivity index (χ3v) is 7.99. The lowest BCUT2D eigenvalue weighted by Gasteiger charge is -2.26. The highest BCUT2D eigenvalue weighted by Gasteiger charge is 2.29. The number of carbonyl (C=O) groups is 5. The maximum atomic E-state index is 13.4. The Morgan fingerprint density at radius 3 is 2.16 bits per heavy atom. The zero-order chi connectivity index (χ0) is 37.5. The molecule has 1 heterocycles. The number of sulfone groups is 1. The van der Waals surface area contributed by atoms with Crippen molar-refractivity contribution in [2.45, 2.75) is 96.3 Å². The summed E-state index contributed by atoms with van der Waals surface area (Å²) in [7, 11) is -3.51. The van der Waals surface area contributed by atoms with Crippen LogP contribution < -0.4 is 21.3 Å². The second-order valence-corrected chi connectivity index (χ2v) is 14.0. The Hall–Kier alpha value is -4.14. The Bertz CT molecular complexity index is 1400. The molecule has 2 atom stereocenters. The molecule has 1 aromatic heterocycles. The Morgan fingerprint density at radius 2 is 1.58 bits per heavy atom. The minimum atomic E-state index is -3.51. The molecule has 280 valence electrons. The summed E-state index contributed by atoms with van der Waals surface area (Å²) in [6.45, 7) is 9.24. The molecule has 0 aliphatic rings. The van der Waals surface area contributed by atoms with Gasteiger partial charge in [-0.2, -0.15) is 0 Å². The highest BCUT2D eigenvalue weighted by molar-refractivity contribution is 7.90. The molecule has 2 unspecified atom stereocenters. The van der Waals surface area contributed by atoms with Gasteiger partial charge in [-0.15, -0.1) is 0 Å². The van der Waals surface area contributed by atoms with Crippen molar-refractivity contribution in [3.05, 3.63) is 18.0 Å². The number of nitrogens with one attached hydrogen (secondary N) is 4. The van der Waals surface area contributed by atoms with E-state index in [9.17, 15) is 32.4 Å². The van der Waals surface area contributed by atoms with E-state index < -0.39 is 58.8 Å². The van der Waals surface area contributed by atoms with Crippen LogP contribution in [0.5, 0.6) is 0 Å². The molecule has 0 radical (unpaired) electrons. The average molecular weight is 724 g/mol. The number of aliphatic carboxylic acids is 1. The zero-order valence-corrected chi connectivity index (χ0v) is 30.6. The first kappa shape index (κ1) is 43.9. The predicted molar refractivity (Wildman–Crippen MR) is 185 cm³/mol. The van der Waals surface area contributed by atoms with Gasteiger partial charge < -0.3 is 36.0 Å². The van der Waals surface area contributed by atoms with Gasteiger partial charge in [-0.1, -0.05) is 39.5 Å². The standard InChI is InChI=1S/C33H53N7O9S/c1-6-16-40(17-7-2)18-12-11-14-26(31(45)34-21-28(42)37-23-49-22-29(43)44)38-32(46)30(24(3)4)39-27(41)15-10-8-9-13-25-19-35-33(36-20-25)50(5,47)48/h19-20,24,26,30H,6-8,10-12,14-18,21-23H2,1-5H3,(H,34,45)(H,37,42)(H,38,46)(H,39,41)(H,43,44). The van der Waals surface area contributed by atoms with Gasteiger partial charge in [-0.25, -0.2) is 23.2 Å². The molecule has 0 fully saturated rings. The van der Waals surface area contributed by atoms with Crippen LogP contribution in [-0.2, 0) is 38.5 Å². The van der Waals surface area contributed by atoms with Crippen molar-refractivity contribution in [1.29, 1.82) is 0 Å². The number of carboxylic acid groups (broad SMARTS) is 1. The highest BCUT2D eigenvalue weighted by Crippen LogP contribution is 2.09. The van der Waals surface area contributed by atoms with Crippen molar-refractivity contribution >= 4 is 39.4 Å². The van der Waals surface area contributed by atoms with Crippen molar-refractivity contribution in [1.82, 2.24) is 36.1 Å². The van der Waals surface area contributed by atoms with E-state index in [0.717, 1.165) is 45.2 Å². The van der Waals surface area contributed by atoms with Gasteiger partial charge in [0.2, 0.25) is 38.6 Å². The molecule has 1 aromatic rings. The fraction of sp³-hybridized carbons (Fsp3) is 0.667. The van der Waals surface area contributed by atoms with Crippen LogP contribution in [0.1, 0.15) is 84.6 Å². The van der Waals surface area contributed by atoms with Gasteiger partial charge >= 0.3 is 5.97 Å². The third kappa shape index (κ3) is 19.2. The topological polar surface area (TPSA) is 226 Å². The van der Waals surface area contributed by atoms with Gasteiger partial charge in [0, 0.05) is 31.5 Å². The highest BCUT2D eigenvalue weighted by atomic mass is 32.2. The first-order chi connectivity index (χ1) is 23.7. The SMILES string of the molecule is CCCN(CCC)CCCCC(NC(=O)C(NC(=O)CCCC#Cc1cnc(S(C)(=O)=O)nc1)C(C)C)C(=O)NCC(=O)NCOCC(=O)O. The lowest BCUT2D eigenvalue weighted by molar-refractivity contribution is -0.143. The van der Waals surface area contributed by atoms with E-state index in [1.54, 1.807) is 13.8 Å². The van der Waals surface area contributed by atoms with Crippen LogP contribution in [0.3, 0.4) is 0 Å². The molecule has 0 saturated heterocycles. The normalized spacial score (nSPS) is 12.4. The number of carbonyl (C=O) groups excluding carboxylic acids is 4. The number of hydrogen-bond acceptors (Lipinski definition) is 11. The van der Waals surface area contributed by atoms with E-state index in [0.29, 0.717) is 31.2 Å². The summed E-state index contributed by atoms with van der Waals surface area (Å²) in [5.41, 5.74) is 0.432. The second-order valence-electron chi connectivity index (χ2n) is 12.1. The molecule has 16 nitrogen and oxygen atoms in total. The van der Waals surface area contributed by atoms with Gasteiger partial charge in [-0.3, -0.25) is 19.2 Å². The molecule has 5 N–H and O–H groups in total. The van der Waals surface area contributed by atoms with E-state index in [1.165, 1.54) is 12.4 Å². The maximum Gasteiger partial charge on any atom is 0.329 e. The fourth-order valence-electron chi connectivity index (χ4n) is 4.66. The van der Waals surface area contributed by atoms with Crippen molar-refractivity contribution in [2.24, 2.45) is 5.92 Å². The number of ether oxygens (including phenoxy) is 1. The van der Waals surface area contributed by atoms with E-state index in [-0.39, 0.29) is 30.1 Å². The first-order valence-corrected chi connectivity index (χ1v) is 18.7. The van der Waals surface area contributed by atoms with Crippen molar-refractivity contribution in [3.63, 3.8) is 0 Å². The molecule has 0 bridgehead atoms. The summed E-state index contributed by atoms with van der Waals surface area (Å²) in [5, 5.41) is 18.7. The average Bonchev–Trinajstić information content (AvgIpc) is 3.05. The largest absolute Gasteiger partial charge is 0.480 e. The number of rotatable bonds is 24. The molecule has 0 aliphatic carbocycles. The van der Waals surface area contributed by atoms with Crippen LogP contribution in [0.4, 0.5) is 0 Å². The molecule has 50 heavy (non-hydrogen) atoms. The van der Waals surface area contributed by atoms with E-state index in [4.69, 9.17) is 9.84 Å². The zero-order valence-electron chi connectivity index (χ0n) is 29.7. The van der Waals surface area contributed by atoms with E-state index in [1.807, 2.05) is 0 Å². The number of aromatic nitrogens is 2. The summed E-state index contributed by atoms with van der Waals surface area (Å²) >= 11 is 0. The van der Waals surface area contributed by atoms with Gasteiger partial charge in [-0.05, 0) is 64.1 Å². The van der Waals surface area contributed by atoms with Gasteiger partial charge in [0.05, 0.1) is 12.1 Å². The lowest BCUT2D eigenvalue weighted by atomic mass is 10.0. The maximum absolute atomic E-state index is 13.4. The van der Waals surface area contributed by atoms with Gasteiger partial charge in [0.1, 0.15) is 25.4 Å². The van der Waals surface area contributed by atoms with Crippen LogP contribution in [-0.4, -0.2) is 116 Å². The summed E-state index contributed by atoms with van der Waals surface area (Å²) < 4.78 is 27.7. The summed E-state index contributed by atoms with van der Waals surface area (Å²) in [6.07, 6.45) is 8.27. The number of unbranched alkanes of at least 4 members (excludes halogenated alkanes) is 2. The number of nitrogens with zero attached hydrogens (tertiary/aromatic N) is 3. The summed E-state index contributed by atoms with van der Waals surface area (Å²) in [6, 6.07) is -1.89. The third-order valence-electron chi connectivity index (χ3n) is 7.11. The molecule has 4 amide bonds.